The van der Waals surface area contributed by atoms with Crippen LogP contribution in [0.1, 0.15) is 324 Å². The van der Waals surface area contributed by atoms with Crippen LogP contribution in [-0.4, -0.2) is 258 Å². The second-order valence-electron chi connectivity index (χ2n) is 45.8. The zero-order chi connectivity index (χ0) is 98.6. The molecule has 772 valence electrons. The molecule has 0 spiro atoms. The van der Waals surface area contributed by atoms with E-state index in [1.165, 1.54) is 46.2 Å². The number of carbonyl (C=O) groups excluding carboxylic acids is 8. The van der Waals surface area contributed by atoms with E-state index in [0.717, 1.165) is 252 Å². The molecule has 8 fully saturated rings. The summed E-state index contributed by atoms with van der Waals surface area (Å²) in [6, 6.07) is 38.5. The lowest BCUT2D eigenvalue weighted by Crippen LogP contribution is -2.62. The van der Waals surface area contributed by atoms with Crippen LogP contribution >= 0.6 is 0 Å². The third-order valence-electron chi connectivity index (χ3n) is 36.0. The van der Waals surface area contributed by atoms with Gasteiger partial charge < -0.3 is 50.3 Å². The second-order valence-corrected chi connectivity index (χ2v) is 45.8. The third kappa shape index (κ3) is 27.0. The van der Waals surface area contributed by atoms with Crippen LogP contribution in [0, 0.1) is 58.2 Å². The average Bonchev–Trinajstić information content (AvgIpc) is 1.58. The van der Waals surface area contributed by atoms with Crippen molar-refractivity contribution in [3.05, 3.63) is 143 Å². The molecule has 6 aliphatic heterocycles. The summed E-state index contributed by atoms with van der Waals surface area (Å²) < 4.78 is 13.9. The van der Waals surface area contributed by atoms with Crippen molar-refractivity contribution in [2.45, 2.75) is 376 Å². The summed E-state index contributed by atoms with van der Waals surface area (Å²) in [6.07, 6.45) is 29.1. The van der Waals surface area contributed by atoms with Gasteiger partial charge in [-0.2, -0.15) is 0 Å². The number of likely N-dealkylation sites (N-methyl/N-ethyl adjacent to an activating group) is 1. The quantitative estimate of drug-likeness (QED) is 0.0302. The SMILES string of the molecule is C.CC[C@@H](C)C(=O)N[C@H](C(=O)N1CCC[C@H]1CN(CCCCN(C[C@@H]1CCCN1C(=O)[C@@H](NC(=O)[C@H](C)CC)C1CCCCC1)C1CCc2ccccc21)C1CCc2ccccc21)C1CCCCC1.CC[C@@H](C)C(=O)N[C@H](C(=O)N1CC[C@@]2(C)C[C@@H](OCCO[C@H]3CN(CCc4ccccc4)C[C@@]4(C)N(C(=O)[C@@H](CC(=O)[C@H](C)NC)C(C)C)CC[C@@]4(C)C3)CN(CCc3ccccc3)C[C@@]12C)C(C)C. The fourth-order valence-electron chi connectivity index (χ4n) is 25.8. The minimum absolute atomic E-state index is 0. The first-order valence-electron chi connectivity index (χ1n) is 55.1. The molecule has 139 heavy (non-hydrogen) atoms. The molecule has 2 saturated carbocycles. The van der Waals surface area contributed by atoms with E-state index in [1.807, 2.05) is 48.5 Å². The molecule has 10 aliphatic rings. The Labute approximate surface area is 838 Å². The maximum Gasteiger partial charge on any atom is 0.245 e. The molecular formula is C117H184N12O10. The van der Waals surface area contributed by atoms with Crippen molar-refractivity contribution < 1.29 is 47.8 Å². The van der Waals surface area contributed by atoms with Crippen molar-refractivity contribution >= 4 is 47.1 Å². The van der Waals surface area contributed by atoms with Gasteiger partial charge >= 0.3 is 0 Å². The lowest BCUT2D eigenvalue weighted by Gasteiger charge is -2.47. The van der Waals surface area contributed by atoms with E-state index >= 15 is 0 Å². The summed E-state index contributed by atoms with van der Waals surface area (Å²) in [5, 5.41) is 12.9. The number of hydrogen-bond donors (Lipinski definition) is 4. The standard InChI is InChI=1S/C58H92N6O6.C58H88N6O4.CH4/c1-13-43(6)52(66)60-51(42(4)5)54(68)64-31-27-56(9)36-48(38-62(40-58(56,64)11)29-25-46-22-18-15-19-23-46)70-33-32-69-47-35-55(8)26-30-63(53(67)49(41(2)3)34-50(65)44(7)59-12)57(55,10)39-61(37-47)28-24-45-20-16-14-17-21-45;1-5-41(3)55(65)59-53(45-23-9-7-10-24-45)57(67)63-37-19-27-47(63)39-61(51-33-31-43-21-13-15-29-49(43)51)35-17-18-36-62(52-34-32-44-22-14-16-30-50(44)52)40-48-28-20-38-64(48)58(68)54(46-25-11-8-12-26-46)60-56(66)42(4)6-2;/h14-23,41-44,47-49,51,59H,13,24-40H2,1-12H3,(H,60,66);13-16,21-22,29-30,41-42,45-48,51-54H,5-12,17-20,23-28,31-40H2,1-4H3,(H,59,65)(H,60,66);1H4/t43-,44+,47-,48-,49+,51+,55+,56+,57-,58-;41-,42-,47+,48+,51?,52?,53+,54+;/m11./s1. The maximum absolute atomic E-state index is 14.8. The van der Waals surface area contributed by atoms with Crippen LogP contribution in [0.25, 0.3) is 0 Å². The Balaban J connectivity index is 0.000000247. The number of amides is 7. The number of nitrogens with zero attached hydrogens (tertiary/aromatic N) is 8. The van der Waals surface area contributed by atoms with Gasteiger partial charge in [0.1, 0.15) is 23.9 Å². The summed E-state index contributed by atoms with van der Waals surface area (Å²) in [4.78, 5) is 132. The smallest absolute Gasteiger partial charge is 0.245 e. The highest BCUT2D eigenvalue weighted by molar-refractivity contribution is 5.92. The van der Waals surface area contributed by atoms with Gasteiger partial charge in [-0.1, -0.05) is 238 Å². The maximum atomic E-state index is 14.8. The van der Waals surface area contributed by atoms with Gasteiger partial charge in [-0.05, 0) is 256 Å². The zero-order valence-corrected chi connectivity index (χ0v) is 88.0. The third-order valence-corrected chi connectivity index (χ3v) is 36.0. The molecule has 14 rings (SSSR count). The summed E-state index contributed by atoms with van der Waals surface area (Å²) in [7, 11) is 1.80. The van der Waals surface area contributed by atoms with Crippen LogP contribution in [0.5, 0.6) is 0 Å². The van der Waals surface area contributed by atoms with Crippen molar-refractivity contribution in [2.75, 3.05) is 112 Å². The number of fused-ring (bicyclic) bond motifs is 4. The number of hydrogen-bond acceptors (Lipinski definition) is 15. The molecule has 22 heteroatoms. The van der Waals surface area contributed by atoms with Gasteiger partial charge in [-0.15, -0.1) is 0 Å². The summed E-state index contributed by atoms with van der Waals surface area (Å²) >= 11 is 0. The van der Waals surface area contributed by atoms with Crippen LogP contribution in [0.4, 0.5) is 0 Å². The molecule has 7 amide bonds. The number of ketones is 1. The highest BCUT2D eigenvalue weighted by Gasteiger charge is 2.61. The Hall–Kier alpha value is -7.44. The van der Waals surface area contributed by atoms with Gasteiger partial charge in [0.05, 0.1) is 42.5 Å². The first-order chi connectivity index (χ1) is 66.3. The highest BCUT2D eigenvalue weighted by atomic mass is 16.5. The molecule has 0 aromatic heterocycles. The Bertz CT molecular complexity index is 4300. The fourth-order valence-corrected chi connectivity index (χ4v) is 25.8. The number of unbranched alkanes of at least 4 members (excludes halogenated alkanes) is 1. The molecule has 0 radical (unpaired) electrons. The molecule has 4 aromatic rings. The van der Waals surface area contributed by atoms with Crippen LogP contribution in [0.15, 0.2) is 109 Å². The number of likely N-dealkylation sites (tertiary alicyclic amines) is 6. The topological polar surface area (TPSA) is 229 Å². The lowest BCUT2D eigenvalue weighted by molar-refractivity contribution is -0.146. The molecule has 0 bridgehead atoms. The first-order valence-corrected chi connectivity index (χ1v) is 55.1. The second kappa shape index (κ2) is 51.4. The van der Waals surface area contributed by atoms with Crippen LogP contribution in [0.2, 0.25) is 0 Å². The molecule has 4 aliphatic carbocycles. The molecular weight excluding hydrogens is 1730 g/mol. The average molecular weight is 1920 g/mol. The van der Waals surface area contributed by atoms with E-state index in [9.17, 15) is 38.4 Å². The molecule has 4 N–H and O–H groups in total. The van der Waals surface area contributed by atoms with E-state index < -0.39 is 29.2 Å². The van der Waals surface area contributed by atoms with Gasteiger partial charge in [0, 0.05) is 133 Å². The molecule has 6 saturated heterocycles. The Morgan fingerprint density at radius 3 is 1.24 bits per heavy atom. The van der Waals surface area contributed by atoms with Gasteiger partial charge in [0.2, 0.25) is 41.4 Å². The van der Waals surface area contributed by atoms with E-state index in [2.05, 4.69) is 225 Å². The largest absolute Gasteiger partial charge is 0.374 e. The van der Waals surface area contributed by atoms with Crippen molar-refractivity contribution in [1.29, 1.82) is 0 Å². The molecule has 18 atom stereocenters. The molecule has 4 aromatic carbocycles. The molecule has 22 nitrogen and oxygen atoms in total. The van der Waals surface area contributed by atoms with Crippen molar-refractivity contribution in [2.24, 2.45) is 58.2 Å². The van der Waals surface area contributed by atoms with Gasteiger partial charge in [-0.25, -0.2) is 0 Å². The predicted octanol–water partition coefficient (Wildman–Crippen LogP) is 18.3. The zero-order valence-electron chi connectivity index (χ0n) is 88.0. The summed E-state index contributed by atoms with van der Waals surface area (Å²) in [5.41, 5.74) is 7.06. The molecule has 2 unspecified atom stereocenters. The number of nitrogens with one attached hydrogen (secondary N) is 4. The number of aryl methyl sites for hydroxylation is 2. The van der Waals surface area contributed by atoms with E-state index in [0.29, 0.717) is 38.4 Å². The minimum Gasteiger partial charge on any atom is -0.374 e. The van der Waals surface area contributed by atoms with E-state index in [4.69, 9.17) is 9.47 Å². The van der Waals surface area contributed by atoms with Crippen molar-refractivity contribution in [3.63, 3.8) is 0 Å². The highest BCUT2D eigenvalue weighted by Crippen LogP contribution is 2.54. The van der Waals surface area contributed by atoms with Crippen molar-refractivity contribution in [3.8, 4) is 0 Å². The van der Waals surface area contributed by atoms with Gasteiger partial charge in [0.25, 0.3) is 0 Å². The number of rotatable bonds is 43. The number of benzene rings is 4. The van der Waals surface area contributed by atoms with E-state index in [1.54, 1.807) is 7.05 Å². The van der Waals surface area contributed by atoms with Crippen LogP contribution < -0.4 is 21.3 Å². The number of ether oxygens (including phenoxy) is 2. The first kappa shape index (κ1) is 110. The van der Waals surface area contributed by atoms with E-state index in [-0.39, 0.29) is 149 Å². The Kier molecular flexibility index (Phi) is 40.8. The summed E-state index contributed by atoms with van der Waals surface area (Å²) in [6.45, 7) is 43.5. The van der Waals surface area contributed by atoms with Gasteiger partial charge in [0.15, 0.2) is 0 Å². The Morgan fingerprint density at radius 2 is 0.849 bits per heavy atom. The Morgan fingerprint density at radius 1 is 0.453 bits per heavy atom. The lowest BCUT2D eigenvalue weighted by atomic mass is 9.69. The van der Waals surface area contributed by atoms with Crippen LogP contribution in [0.3, 0.4) is 0 Å². The van der Waals surface area contributed by atoms with Crippen molar-refractivity contribution in [1.82, 2.24) is 60.5 Å². The fraction of sp³-hybridized carbons (Fsp3) is 0.726. The normalized spacial score (nSPS) is 27.0. The monoisotopic (exact) mass is 1920 g/mol. The minimum atomic E-state index is -0.586. The predicted molar refractivity (Wildman–Crippen MR) is 560 cm³/mol. The van der Waals surface area contributed by atoms with Crippen LogP contribution in [-0.2, 0) is 73.5 Å². The number of Topliss-reactive ketones (excluding diaryl/α,β-unsaturated/α-hetero) is 1. The molecule has 6 heterocycles. The number of carbonyl (C=O) groups is 8. The van der Waals surface area contributed by atoms with Gasteiger partial charge in [-0.3, -0.25) is 58.0 Å². The summed E-state index contributed by atoms with van der Waals surface area (Å²) in [5.74, 6) is 0.141.